The molecule has 146 valence electrons. The van der Waals surface area contributed by atoms with Gasteiger partial charge in [0.15, 0.2) is 5.11 Å². The maximum absolute atomic E-state index is 12.8. The Labute approximate surface area is 169 Å². The molecule has 1 heterocycles. The molecule has 2 amide bonds. The van der Waals surface area contributed by atoms with Crippen LogP contribution in [0.25, 0.3) is 16.8 Å². The van der Waals surface area contributed by atoms with E-state index in [1.54, 1.807) is 13.0 Å². The number of carbonyl (C=O) groups is 2. The lowest BCUT2D eigenvalue weighted by Crippen LogP contribution is -2.53. The minimum atomic E-state index is -0.514. The molecule has 0 bridgehead atoms. The highest BCUT2D eigenvalue weighted by Gasteiger charge is 2.32. The summed E-state index contributed by atoms with van der Waals surface area (Å²) < 4.78 is 11.4. The van der Waals surface area contributed by atoms with Gasteiger partial charge in [0.2, 0.25) is 0 Å². The minimum absolute atomic E-state index is 0.0192. The van der Waals surface area contributed by atoms with Crippen LogP contribution in [0.3, 0.4) is 0 Å². The first-order valence-electron chi connectivity index (χ1n) is 9.21. The number of nitrogens with zero attached hydrogens (tertiary/aromatic N) is 1. The SMILES string of the molecule is CCOc1ccc2ccc(OCC)c(/C=C3\C(=O)NC(=S)N(CC)C3=O)c2c1. The van der Waals surface area contributed by atoms with Crippen LogP contribution in [0.5, 0.6) is 11.5 Å². The second-order valence-electron chi connectivity index (χ2n) is 6.09. The van der Waals surface area contributed by atoms with Gasteiger partial charge in [-0.05, 0) is 68.0 Å². The monoisotopic (exact) mass is 398 g/mol. The quantitative estimate of drug-likeness (QED) is 0.459. The van der Waals surface area contributed by atoms with Crippen LogP contribution in [0.15, 0.2) is 35.9 Å². The first-order valence-corrected chi connectivity index (χ1v) is 9.62. The zero-order valence-electron chi connectivity index (χ0n) is 16.1. The molecule has 0 unspecified atom stereocenters. The summed E-state index contributed by atoms with van der Waals surface area (Å²) in [5.74, 6) is 0.365. The Morgan fingerprint density at radius 1 is 1.07 bits per heavy atom. The molecule has 1 aliphatic heterocycles. The third kappa shape index (κ3) is 3.71. The molecule has 28 heavy (non-hydrogen) atoms. The summed E-state index contributed by atoms with van der Waals surface area (Å²) in [5, 5.41) is 4.48. The number of benzene rings is 2. The number of thiocarbonyl (C=S) groups is 1. The number of hydrogen-bond acceptors (Lipinski definition) is 5. The number of hydrogen-bond donors (Lipinski definition) is 1. The van der Waals surface area contributed by atoms with E-state index in [0.717, 1.165) is 10.8 Å². The zero-order valence-corrected chi connectivity index (χ0v) is 16.9. The molecule has 7 heteroatoms. The molecule has 0 aliphatic carbocycles. The van der Waals surface area contributed by atoms with E-state index in [0.29, 0.717) is 36.8 Å². The van der Waals surface area contributed by atoms with Crippen molar-refractivity contribution in [1.82, 2.24) is 10.2 Å². The number of fused-ring (bicyclic) bond motifs is 1. The second kappa shape index (κ2) is 8.39. The largest absolute Gasteiger partial charge is 0.494 e. The summed E-state index contributed by atoms with van der Waals surface area (Å²) in [6, 6.07) is 9.49. The molecule has 0 atom stereocenters. The summed E-state index contributed by atoms with van der Waals surface area (Å²) in [7, 11) is 0. The Morgan fingerprint density at radius 3 is 2.46 bits per heavy atom. The summed E-state index contributed by atoms with van der Waals surface area (Å²) in [5.41, 5.74) is 0.675. The normalized spacial score (nSPS) is 15.9. The van der Waals surface area contributed by atoms with Gasteiger partial charge in [-0.2, -0.15) is 0 Å². The van der Waals surface area contributed by atoms with Gasteiger partial charge in [-0.15, -0.1) is 0 Å². The van der Waals surface area contributed by atoms with Crippen LogP contribution in [0.1, 0.15) is 26.3 Å². The van der Waals surface area contributed by atoms with E-state index in [1.807, 2.05) is 44.2 Å². The second-order valence-corrected chi connectivity index (χ2v) is 6.48. The minimum Gasteiger partial charge on any atom is -0.494 e. The number of ether oxygens (including phenoxy) is 2. The molecule has 0 aromatic heterocycles. The van der Waals surface area contributed by atoms with E-state index >= 15 is 0 Å². The summed E-state index contributed by atoms with van der Waals surface area (Å²) in [6.07, 6.45) is 1.57. The van der Waals surface area contributed by atoms with Gasteiger partial charge in [0.05, 0.1) is 13.2 Å². The number of likely N-dealkylation sites (N-methyl/N-ethyl adjacent to an activating group) is 1. The molecule has 2 aromatic carbocycles. The van der Waals surface area contributed by atoms with Gasteiger partial charge in [-0.3, -0.25) is 19.8 Å². The predicted octanol–water partition coefficient (Wildman–Crippen LogP) is 3.28. The van der Waals surface area contributed by atoms with Gasteiger partial charge in [0, 0.05) is 12.1 Å². The fraction of sp³-hybridized carbons (Fsp3) is 0.286. The van der Waals surface area contributed by atoms with Crippen molar-refractivity contribution in [2.24, 2.45) is 0 Å². The van der Waals surface area contributed by atoms with Crippen LogP contribution in [0.2, 0.25) is 0 Å². The first kappa shape index (κ1) is 19.8. The standard InChI is InChI=1S/C21H22N2O4S/c1-4-23-20(25)17(19(24)22-21(23)28)12-16-15-11-14(26-5-2)9-7-13(15)8-10-18(16)27-6-3/h7-12H,4-6H2,1-3H3,(H,22,24,28)/b17-12+. The van der Waals surface area contributed by atoms with Crippen molar-refractivity contribution in [2.75, 3.05) is 19.8 Å². The molecule has 1 N–H and O–H groups in total. The van der Waals surface area contributed by atoms with E-state index in [2.05, 4.69) is 5.32 Å². The van der Waals surface area contributed by atoms with Crippen LogP contribution >= 0.6 is 12.2 Å². The van der Waals surface area contributed by atoms with Crippen LogP contribution < -0.4 is 14.8 Å². The van der Waals surface area contributed by atoms with Gasteiger partial charge in [0.25, 0.3) is 11.8 Å². The third-order valence-electron chi connectivity index (χ3n) is 4.40. The van der Waals surface area contributed by atoms with Crippen LogP contribution in [-0.2, 0) is 9.59 Å². The van der Waals surface area contributed by atoms with Crippen molar-refractivity contribution in [2.45, 2.75) is 20.8 Å². The fourth-order valence-corrected chi connectivity index (χ4v) is 3.42. The van der Waals surface area contributed by atoms with E-state index in [9.17, 15) is 9.59 Å². The van der Waals surface area contributed by atoms with Crippen molar-refractivity contribution >= 4 is 46.0 Å². The van der Waals surface area contributed by atoms with E-state index in [-0.39, 0.29) is 10.7 Å². The maximum Gasteiger partial charge on any atom is 0.265 e. The topological polar surface area (TPSA) is 67.9 Å². The molecule has 2 aromatic rings. The number of nitrogens with one attached hydrogen (secondary N) is 1. The Balaban J connectivity index is 2.21. The predicted molar refractivity (Wildman–Crippen MR) is 112 cm³/mol. The van der Waals surface area contributed by atoms with E-state index < -0.39 is 11.8 Å². The summed E-state index contributed by atoms with van der Waals surface area (Å²) in [4.78, 5) is 26.6. The lowest BCUT2D eigenvalue weighted by molar-refractivity contribution is -0.128. The zero-order chi connectivity index (χ0) is 20.3. The molecular formula is C21H22N2O4S. The Morgan fingerprint density at radius 2 is 1.79 bits per heavy atom. The van der Waals surface area contributed by atoms with Gasteiger partial charge in [-0.25, -0.2) is 0 Å². The van der Waals surface area contributed by atoms with Gasteiger partial charge >= 0.3 is 0 Å². The summed E-state index contributed by atoms with van der Waals surface area (Å²) in [6.45, 7) is 6.97. The third-order valence-corrected chi connectivity index (χ3v) is 4.72. The van der Waals surface area contributed by atoms with E-state index in [1.165, 1.54) is 4.90 Å². The molecule has 0 spiro atoms. The van der Waals surface area contributed by atoms with Crippen molar-refractivity contribution in [1.29, 1.82) is 0 Å². The average molecular weight is 398 g/mol. The van der Waals surface area contributed by atoms with Gasteiger partial charge in [0.1, 0.15) is 17.1 Å². The number of amides is 2. The Bertz CT molecular complexity index is 979. The average Bonchev–Trinajstić information content (AvgIpc) is 2.67. The number of rotatable bonds is 6. The van der Waals surface area contributed by atoms with Gasteiger partial charge < -0.3 is 9.47 Å². The molecule has 0 saturated carbocycles. The smallest absolute Gasteiger partial charge is 0.265 e. The molecule has 1 fully saturated rings. The maximum atomic E-state index is 12.8. The summed E-state index contributed by atoms with van der Waals surface area (Å²) >= 11 is 5.09. The van der Waals surface area contributed by atoms with Crippen LogP contribution in [0.4, 0.5) is 0 Å². The van der Waals surface area contributed by atoms with Crippen molar-refractivity contribution in [3.8, 4) is 11.5 Å². The van der Waals surface area contributed by atoms with E-state index in [4.69, 9.17) is 21.7 Å². The molecule has 1 aliphatic rings. The molecule has 6 nitrogen and oxygen atoms in total. The lowest BCUT2D eigenvalue weighted by Gasteiger charge is -2.27. The fourth-order valence-electron chi connectivity index (χ4n) is 3.11. The highest BCUT2D eigenvalue weighted by atomic mass is 32.1. The van der Waals surface area contributed by atoms with Crippen molar-refractivity contribution in [3.05, 3.63) is 41.5 Å². The van der Waals surface area contributed by atoms with Crippen LogP contribution in [-0.4, -0.2) is 41.6 Å². The first-order chi connectivity index (χ1) is 13.5. The van der Waals surface area contributed by atoms with Crippen molar-refractivity contribution < 1.29 is 19.1 Å². The van der Waals surface area contributed by atoms with Crippen LogP contribution in [0, 0.1) is 0 Å². The molecule has 3 rings (SSSR count). The molecule has 0 radical (unpaired) electrons. The Hall–Kier alpha value is -2.93. The highest BCUT2D eigenvalue weighted by molar-refractivity contribution is 7.80. The highest BCUT2D eigenvalue weighted by Crippen LogP contribution is 2.33. The molecular weight excluding hydrogens is 376 g/mol. The Kier molecular flexibility index (Phi) is 5.94. The lowest BCUT2D eigenvalue weighted by atomic mass is 9.99. The number of carbonyl (C=O) groups excluding carboxylic acids is 2. The van der Waals surface area contributed by atoms with Crippen molar-refractivity contribution in [3.63, 3.8) is 0 Å². The van der Waals surface area contributed by atoms with Gasteiger partial charge in [-0.1, -0.05) is 12.1 Å². The molecule has 1 saturated heterocycles.